The van der Waals surface area contributed by atoms with Crippen molar-refractivity contribution in [2.45, 2.75) is 29.4 Å². The Morgan fingerprint density at radius 3 is 2.67 bits per heavy atom. The first-order valence-electron chi connectivity index (χ1n) is 8.87. The van der Waals surface area contributed by atoms with E-state index in [9.17, 15) is 14.4 Å². The lowest BCUT2D eigenvalue weighted by Crippen LogP contribution is -2.32. The largest absolute Gasteiger partial charge is 0.326 e. The van der Waals surface area contributed by atoms with Crippen molar-refractivity contribution < 1.29 is 14.4 Å². The molecule has 4 rings (SSSR count). The maximum atomic E-state index is 12.4. The fraction of sp³-hybridized carbons (Fsp3) is 0.250. The first-order valence-corrected chi connectivity index (χ1v) is 9.75. The number of nitrogens with zero attached hydrogens (tertiary/aromatic N) is 1. The molecule has 1 atom stereocenters. The summed E-state index contributed by atoms with van der Waals surface area (Å²) in [7, 11) is 0. The Hall–Kier alpha value is -2.80. The summed E-state index contributed by atoms with van der Waals surface area (Å²) in [4.78, 5) is 39.1. The van der Waals surface area contributed by atoms with Crippen LogP contribution in [0.25, 0.3) is 0 Å². The van der Waals surface area contributed by atoms with E-state index in [1.165, 1.54) is 11.8 Å². The number of anilines is 3. The lowest BCUT2D eigenvalue weighted by molar-refractivity contribution is -0.120. The van der Waals surface area contributed by atoms with Gasteiger partial charge < -0.3 is 15.5 Å². The van der Waals surface area contributed by atoms with Crippen molar-refractivity contribution in [2.24, 2.45) is 0 Å². The molecule has 27 heavy (non-hydrogen) atoms. The predicted molar refractivity (Wildman–Crippen MR) is 106 cm³/mol. The third-order valence-corrected chi connectivity index (χ3v) is 5.89. The highest BCUT2D eigenvalue weighted by atomic mass is 32.2. The smallest absolute Gasteiger partial charge is 0.238 e. The van der Waals surface area contributed by atoms with Crippen molar-refractivity contribution in [3.63, 3.8) is 0 Å². The van der Waals surface area contributed by atoms with Crippen LogP contribution < -0.4 is 15.5 Å². The molecule has 0 radical (unpaired) electrons. The van der Waals surface area contributed by atoms with Crippen LogP contribution in [0.5, 0.6) is 0 Å². The van der Waals surface area contributed by atoms with Crippen molar-refractivity contribution in [1.82, 2.24) is 0 Å². The zero-order chi connectivity index (χ0) is 18.8. The molecule has 3 amide bonds. The summed E-state index contributed by atoms with van der Waals surface area (Å²) in [6.07, 6.45) is 1.56. The van der Waals surface area contributed by atoms with Gasteiger partial charge in [-0.2, -0.15) is 0 Å². The Labute approximate surface area is 161 Å². The monoisotopic (exact) mass is 381 g/mol. The van der Waals surface area contributed by atoms with Gasteiger partial charge in [-0.25, -0.2) is 0 Å². The summed E-state index contributed by atoms with van der Waals surface area (Å²) in [5, 5.41) is 5.21. The van der Waals surface area contributed by atoms with E-state index in [0.717, 1.165) is 29.2 Å². The maximum Gasteiger partial charge on any atom is 0.238 e. The molecule has 6 nitrogen and oxygen atoms in total. The molecule has 2 aromatic rings. The Morgan fingerprint density at radius 1 is 1.15 bits per heavy atom. The summed E-state index contributed by atoms with van der Waals surface area (Å²) in [6, 6.07) is 14.8. The average molecular weight is 381 g/mol. The zero-order valence-electron chi connectivity index (χ0n) is 14.6. The molecule has 0 bridgehead atoms. The van der Waals surface area contributed by atoms with Crippen LogP contribution in [0.1, 0.15) is 19.3 Å². The molecule has 2 aromatic carbocycles. The van der Waals surface area contributed by atoms with E-state index in [0.29, 0.717) is 12.1 Å². The van der Waals surface area contributed by atoms with Crippen molar-refractivity contribution >= 4 is 46.5 Å². The highest BCUT2D eigenvalue weighted by Gasteiger charge is 2.29. The van der Waals surface area contributed by atoms with Gasteiger partial charge in [0.2, 0.25) is 17.7 Å². The number of benzene rings is 2. The van der Waals surface area contributed by atoms with Crippen molar-refractivity contribution in [3.05, 3.63) is 48.5 Å². The first-order chi connectivity index (χ1) is 13.1. The molecular formula is C20H19N3O3S. The second-order valence-corrected chi connectivity index (χ2v) is 7.78. The van der Waals surface area contributed by atoms with Gasteiger partial charge in [-0.05, 0) is 42.8 Å². The van der Waals surface area contributed by atoms with Gasteiger partial charge in [-0.1, -0.05) is 12.1 Å². The number of hydrogen-bond donors (Lipinski definition) is 2. The number of rotatable bonds is 4. The number of hydrogen-bond acceptors (Lipinski definition) is 4. The number of carbonyl (C=O) groups excluding carboxylic acids is 3. The molecule has 0 saturated carbocycles. The number of para-hydroxylation sites is 1. The van der Waals surface area contributed by atoms with Crippen molar-refractivity contribution in [3.8, 4) is 0 Å². The van der Waals surface area contributed by atoms with Gasteiger partial charge in [0.25, 0.3) is 0 Å². The standard InChI is InChI=1S/C20H19N3O3S/c24-18(12-17-20(26)22-15-4-1-2-5-16(15)27-17)21-13-7-9-14(10-8-13)23-11-3-6-19(23)25/h1-2,4-5,7-10,17H,3,6,11-12H2,(H,21,24)(H,22,26)/t17-/m1/s1. The number of nitrogens with one attached hydrogen (secondary N) is 2. The quantitative estimate of drug-likeness (QED) is 0.852. The third kappa shape index (κ3) is 3.83. The second-order valence-electron chi connectivity index (χ2n) is 6.54. The summed E-state index contributed by atoms with van der Waals surface area (Å²) >= 11 is 1.41. The SMILES string of the molecule is O=C(C[C@H]1Sc2ccccc2NC1=O)Nc1ccc(N2CCCC2=O)cc1. The topological polar surface area (TPSA) is 78.5 Å². The Bertz CT molecular complexity index is 898. The van der Waals surface area contributed by atoms with Crippen LogP contribution in [0, 0.1) is 0 Å². The van der Waals surface area contributed by atoms with Crippen LogP contribution in [0.2, 0.25) is 0 Å². The summed E-state index contributed by atoms with van der Waals surface area (Å²) in [6.45, 7) is 0.736. The van der Waals surface area contributed by atoms with E-state index < -0.39 is 5.25 Å². The lowest BCUT2D eigenvalue weighted by Gasteiger charge is -2.23. The normalized spacial score (nSPS) is 18.8. The minimum atomic E-state index is -0.457. The highest BCUT2D eigenvalue weighted by molar-refractivity contribution is 8.01. The fourth-order valence-corrected chi connectivity index (χ4v) is 4.36. The van der Waals surface area contributed by atoms with Gasteiger partial charge in [-0.3, -0.25) is 14.4 Å². The molecule has 2 heterocycles. The minimum absolute atomic E-state index is 0.0944. The molecule has 138 valence electrons. The highest BCUT2D eigenvalue weighted by Crippen LogP contribution is 2.36. The zero-order valence-corrected chi connectivity index (χ0v) is 15.4. The molecule has 1 fully saturated rings. The van der Waals surface area contributed by atoms with E-state index >= 15 is 0 Å². The minimum Gasteiger partial charge on any atom is -0.326 e. The van der Waals surface area contributed by atoms with Gasteiger partial charge in [0, 0.05) is 35.7 Å². The molecule has 2 aliphatic heterocycles. The Morgan fingerprint density at radius 2 is 1.93 bits per heavy atom. The Balaban J connectivity index is 1.37. The molecule has 2 N–H and O–H groups in total. The molecule has 0 spiro atoms. The van der Waals surface area contributed by atoms with Gasteiger partial charge in [-0.15, -0.1) is 11.8 Å². The molecular weight excluding hydrogens is 362 g/mol. The van der Waals surface area contributed by atoms with E-state index in [4.69, 9.17) is 0 Å². The van der Waals surface area contributed by atoms with Gasteiger partial charge in [0.05, 0.1) is 10.9 Å². The molecule has 0 aliphatic carbocycles. The van der Waals surface area contributed by atoms with Gasteiger partial charge in [0.15, 0.2) is 0 Å². The number of thioether (sulfide) groups is 1. The summed E-state index contributed by atoms with van der Waals surface area (Å²) in [5.41, 5.74) is 2.28. The van der Waals surface area contributed by atoms with E-state index in [2.05, 4.69) is 10.6 Å². The van der Waals surface area contributed by atoms with E-state index in [1.54, 1.807) is 17.0 Å². The van der Waals surface area contributed by atoms with Crippen LogP contribution in [0.4, 0.5) is 17.1 Å². The molecule has 0 unspecified atom stereocenters. The van der Waals surface area contributed by atoms with Crippen LogP contribution in [-0.4, -0.2) is 29.5 Å². The second kappa shape index (κ2) is 7.44. The number of fused-ring (bicyclic) bond motifs is 1. The van der Waals surface area contributed by atoms with Crippen molar-refractivity contribution in [1.29, 1.82) is 0 Å². The van der Waals surface area contributed by atoms with Gasteiger partial charge >= 0.3 is 0 Å². The molecule has 0 aromatic heterocycles. The molecule has 7 heteroatoms. The van der Waals surface area contributed by atoms with Gasteiger partial charge in [0.1, 0.15) is 0 Å². The number of amides is 3. The van der Waals surface area contributed by atoms with Crippen LogP contribution in [0.3, 0.4) is 0 Å². The maximum absolute atomic E-state index is 12.4. The lowest BCUT2D eigenvalue weighted by atomic mass is 10.2. The van der Waals surface area contributed by atoms with E-state index in [1.807, 2.05) is 36.4 Å². The van der Waals surface area contributed by atoms with Crippen LogP contribution >= 0.6 is 11.8 Å². The van der Waals surface area contributed by atoms with Crippen molar-refractivity contribution in [2.75, 3.05) is 22.1 Å². The predicted octanol–water partition coefficient (Wildman–Crippen LogP) is 3.26. The van der Waals surface area contributed by atoms with Crippen LogP contribution in [0.15, 0.2) is 53.4 Å². The number of carbonyl (C=O) groups is 3. The summed E-state index contributed by atoms with van der Waals surface area (Å²) < 4.78 is 0. The fourth-order valence-electron chi connectivity index (χ4n) is 3.25. The van der Waals surface area contributed by atoms with Crippen LogP contribution in [-0.2, 0) is 14.4 Å². The molecule has 1 saturated heterocycles. The Kier molecular flexibility index (Phi) is 4.85. The van der Waals surface area contributed by atoms with E-state index in [-0.39, 0.29) is 24.1 Å². The average Bonchev–Trinajstić information content (AvgIpc) is 3.09. The third-order valence-electron chi connectivity index (χ3n) is 4.61. The molecule has 2 aliphatic rings. The first kappa shape index (κ1) is 17.6. The summed E-state index contributed by atoms with van der Waals surface area (Å²) in [5.74, 6) is -0.240.